The molecule has 3 heterocycles. The molecule has 0 fully saturated rings. The fourth-order valence-electron chi connectivity index (χ4n) is 1.61. The van der Waals surface area contributed by atoms with Crippen LogP contribution in [0.1, 0.15) is 9.67 Å². The zero-order valence-electron chi connectivity index (χ0n) is 9.34. The monoisotopic (exact) mass is 328 g/mol. The van der Waals surface area contributed by atoms with Crippen LogP contribution in [-0.2, 0) is 0 Å². The summed E-state index contributed by atoms with van der Waals surface area (Å²) in [6.45, 7) is 0. The van der Waals surface area contributed by atoms with Crippen molar-refractivity contribution in [3.05, 3.63) is 49.4 Å². The Morgan fingerprint density at radius 2 is 2.16 bits per heavy atom. The number of aromatic nitrogens is 2. The summed E-state index contributed by atoms with van der Waals surface area (Å²) in [7, 11) is 0. The minimum atomic E-state index is -0.154. The summed E-state index contributed by atoms with van der Waals surface area (Å²) >= 11 is 14.6. The Morgan fingerprint density at radius 1 is 1.32 bits per heavy atom. The Labute approximate surface area is 127 Å². The average Bonchev–Trinajstić information content (AvgIpc) is 3.08. The second-order valence-corrected chi connectivity index (χ2v) is 6.90. The van der Waals surface area contributed by atoms with E-state index in [0.29, 0.717) is 19.2 Å². The van der Waals surface area contributed by atoms with Gasteiger partial charge < -0.3 is 0 Å². The van der Waals surface area contributed by atoms with Crippen LogP contribution in [0.2, 0.25) is 8.67 Å². The molecule has 3 aromatic heterocycles. The van der Waals surface area contributed by atoms with Gasteiger partial charge in [-0.25, -0.2) is 4.68 Å². The van der Waals surface area contributed by atoms with Gasteiger partial charge in [0.1, 0.15) is 4.34 Å². The summed E-state index contributed by atoms with van der Waals surface area (Å²) in [5.74, 6) is -0.154. The van der Waals surface area contributed by atoms with Crippen molar-refractivity contribution in [3.8, 4) is 11.3 Å². The molecule has 0 saturated carbocycles. The number of carbonyl (C=O) groups excluding carboxylic acids is 1. The first-order valence-corrected chi connectivity index (χ1v) is 7.69. The van der Waals surface area contributed by atoms with Crippen molar-refractivity contribution in [2.45, 2.75) is 0 Å². The Hall–Kier alpha value is -1.14. The van der Waals surface area contributed by atoms with E-state index in [1.54, 1.807) is 24.4 Å². The van der Waals surface area contributed by atoms with Crippen LogP contribution >= 0.6 is 45.9 Å². The number of halogens is 2. The smallest absolute Gasteiger partial charge is 0.266 e. The largest absolute Gasteiger partial charge is 0.288 e. The molecule has 0 radical (unpaired) electrons. The molecule has 0 aliphatic heterocycles. The van der Waals surface area contributed by atoms with E-state index >= 15 is 0 Å². The van der Waals surface area contributed by atoms with Gasteiger partial charge >= 0.3 is 0 Å². The van der Waals surface area contributed by atoms with Crippen LogP contribution < -0.4 is 0 Å². The van der Waals surface area contributed by atoms with Crippen LogP contribution in [0.15, 0.2) is 35.8 Å². The van der Waals surface area contributed by atoms with Gasteiger partial charge in [-0.2, -0.15) is 5.10 Å². The maximum Gasteiger partial charge on any atom is 0.288 e. The second-order valence-electron chi connectivity index (χ2n) is 3.67. The molecule has 3 rings (SSSR count). The lowest BCUT2D eigenvalue weighted by molar-refractivity contribution is 0.0949. The predicted octanol–water partition coefficient (Wildman–Crippen LogP) is 4.67. The Kier molecular flexibility index (Phi) is 3.45. The molecule has 3 aromatic rings. The number of thiophene rings is 2. The topological polar surface area (TPSA) is 34.9 Å². The minimum absolute atomic E-state index is 0.154. The highest BCUT2D eigenvalue weighted by Crippen LogP contribution is 2.37. The van der Waals surface area contributed by atoms with Gasteiger partial charge in [-0.3, -0.25) is 4.79 Å². The molecule has 0 N–H and O–H groups in total. The molecule has 19 heavy (non-hydrogen) atoms. The fraction of sp³-hybridized carbons (Fsp3) is 0. The van der Waals surface area contributed by atoms with Crippen molar-refractivity contribution in [1.82, 2.24) is 9.78 Å². The van der Waals surface area contributed by atoms with E-state index in [-0.39, 0.29) is 5.91 Å². The van der Waals surface area contributed by atoms with Gasteiger partial charge in [-0.05, 0) is 23.6 Å². The third-order valence-corrected chi connectivity index (χ3v) is 4.81. The molecule has 0 atom stereocenters. The number of nitrogens with zero attached hydrogens (tertiary/aromatic N) is 2. The first-order valence-electron chi connectivity index (χ1n) is 5.24. The van der Waals surface area contributed by atoms with E-state index in [9.17, 15) is 4.79 Å². The van der Waals surface area contributed by atoms with E-state index in [2.05, 4.69) is 5.10 Å². The molecule has 0 amide bonds. The van der Waals surface area contributed by atoms with Gasteiger partial charge in [-0.15, -0.1) is 22.7 Å². The lowest BCUT2D eigenvalue weighted by Gasteiger charge is -1.96. The third kappa shape index (κ3) is 2.47. The summed E-state index contributed by atoms with van der Waals surface area (Å²) < 4.78 is 2.47. The summed E-state index contributed by atoms with van der Waals surface area (Å²) in [4.78, 5) is 12.7. The Morgan fingerprint density at radius 3 is 2.79 bits per heavy atom. The molecular weight excluding hydrogens is 323 g/mol. The summed E-state index contributed by atoms with van der Waals surface area (Å²) in [5, 5.41) is 6.10. The van der Waals surface area contributed by atoms with Gasteiger partial charge in [0.05, 0.1) is 14.9 Å². The lowest BCUT2D eigenvalue weighted by Crippen LogP contribution is -2.10. The van der Waals surface area contributed by atoms with Crippen LogP contribution in [0.4, 0.5) is 0 Å². The molecule has 3 nitrogen and oxygen atoms in total. The van der Waals surface area contributed by atoms with E-state index < -0.39 is 0 Å². The van der Waals surface area contributed by atoms with Gasteiger partial charge in [-0.1, -0.05) is 29.3 Å². The fourth-order valence-corrected chi connectivity index (χ4v) is 3.75. The van der Waals surface area contributed by atoms with Crippen molar-refractivity contribution < 1.29 is 4.79 Å². The van der Waals surface area contributed by atoms with E-state index in [1.165, 1.54) is 27.4 Å². The quantitative estimate of drug-likeness (QED) is 0.685. The van der Waals surface area contributed by atoms with Crippen molar-refractivity contribution in [1.29, 1.82) is 0 Å². The normalized spacial score (nSPS) is 10.8. The van der Waals surface area contributed by atoms with Crippen molar-refractivity contribution >= 4 is 51.8 Å². The molecule has 0 bridgehead atoms. The van der Waals surface area contributed by atoms with E-state index in [0.717, 1.165) is 5.56 Å². The van der Waals surface area contributed by atoms with E-state index in [1.807, 2.05) is 11.4 Å². The summed E-state index contributed by atoms with van der Waals surface area (Å²) in [6.07, 6.45) is 1.62. The zero-order valence-corrected chi connectivity index (χ0v) is 12.5. The molecule has 0 unspecified atom stereocenters. The van der Waals surface area contributed by atoms with Gasteiger partial charge in [0.2, 0.25) is 0 Å². The van der Waals surface area contributed by atoms with Crippen LogP contribution in [0.5, 0.6) is 0 Å². The lowest BCUT2D eigenvalue weighted by atomic mass is 10.2. The van der Waals surface area contributed by atoms with E-state index in [4.69, 9.17) is 23.2 Å². The number of rotatable bonds is 2. The highest BCUT2D eigenvalue weighted by molar-refractivity contribution is 7.20. The Balaban J connectivity index is 1.96. The molecule has 0 spiro atoms. The standard InChI is InChI=1S/C12H6Cl2N2OS2/c13-10-6-7(11(14)19-10)8-3-4-16(15-8)12(17)9-2-1-5-18-9/h1-6H. The van der Waals surface area contributed by atoms with Crippen LogP contribution in [-0.4, -0.2) is 15.7 Å². The van der Waals surface area contributed by atoms with Gasteiger partial charge in [0.25, 0.3) is 5.91 Å². The minimum Gasteiger partial charge on any atom is -0.266 e. The van der Waals surface area contributed by atoms with Crippen molar-refractivity contribution in [2.24, 2.45) is 0 Å². The molecule has 0 saturated heterocycles. The Bertz CT molecular complexity index is 731. The van der Waals surface area contributed by atoms with Crippen LogP contribution in [0, 0.1) is 0 Å². The first kappa shape index (κ1) is 12.9. The number of hydrogen-bond acceptors (Lipinski definition) is 4. The zero-order chi connectivity index (χ0) is 13.4. The highest BCUT2D eigenvalue weighted by atomic mass is 35.5. The van der Waals surface area contributed by atoms with Gasteiger partial charge in [0.15, 0.2) is 0 Å². The molecular formula is C12H6Cl2N2OS2. The number of carbonyl (C=O) groups is 1. The average molecular weight is 329 g/mol. The number of hydrogen-bond donors (Lipinski definition) is 0. The predicted molar refractivity (Wildman–Crippen MR) is 79.6 cm³/mol. The molecule has 7 heteroatoms. The van der Waals surface area contributed by atoms with Crippen LogP contribution in [0.3, 0.4) is 0 Å². The third-order valence-electron chi connectivity index (χ3n) is 2.46. The first-order chi connectivity index (χ1) is 9.15. The molecule has 0 aliphatic rings. The van der Waals surface area contributed by atoms with Crippen molar-refractivity contribution in [3.63, 3.8) is 0 Å². The van der Waals surface area contributed by atoms with Gasteiger partial charge in [0, 0.05) is 11.8 Å². The summed E-state index contributed by atoms with van der Waals surface area (Å²) in [5.41, 5.74) is 1.38. The SMILES string of the molecule is O=C(c1cccs1)n1ccc(-c2cc(Cl)sc2Cl)n1. The van der Waals surface area contributed by atoms with Crippen molar-refractivity contribution in [2.75, 3.05) is 0 Å². The second kappa shape index (κ2) is 5.09. The molecule has 96 valence electrons. The molecule has 0 aliphatic carbocycles. The summed E-state index contributed by atoms with van der Waals surface area (Å²) in [6, 6.07) is 7.09. The maximum atomic E-state index is 12.1. The van der Waals surface area contributed by atoms with Crippen LogP contribution in [0.25, 0.3) is 11.3 Å². The molecule has 0 aromatic carbocycles. The highest BCUT2D eigenvalue weighted by Gasteiger charge is 2.15. The maximum absolute atomic E-state index is 12.1.